The maximum Gasteiger partial charge on any atom is 0.218 e. The molecule has 0 atom stereocenters. The van der Waals surface area contributed by atoms with Gasteiger partial charge in [-0.25, -0.2) is 0 Å². The molecule has 0 aliphatic heterocycles. The lowest BCUT2D eigenvalue weighted by molar-refractivity contribution is 0.101. The number of benzene rings is 2. The van der Waals surface area contributed by atoms with Gasteiger partial charge in [-0.1, -0.05) is 65.8 Å². The largest absolute Gasteiger partial charge is 0.410 e. The maximum absolute atomic E-state index is 12.1. The number of oxime groups is 1. The highest BCUT2D eigenvalue weighted by molar-refractivity contribution is 6.71. The van der Waals surface area contributed by atoms with Crippen LogP contribution in [0.1, 0.15) is 20.7 Å². The Hall–Kier alpha value is -2.75. The summed E-state index contributed by atoms with van der Waals surface area (Å²) in [4.78, 5) is 24.2. The van der Waals surface area contributed by atoms with E-state index in [9.17, 15) is 9.59 Å². The summed E-state index contributed by atoms with van der Waals surface area (Å²) in [7, 11) is 0. The fraction of sp³-hybridized carbons (Fsp3) is 0. The second-order valence-corrected chi connectivity index (χ2v) is 3.84. The molecule has 2 aromatic carbocycles. The van der Waals surface area contributed by atoms with Crippen molar-refractivity contribution in [3.63, 3.8) is 0 Å². The molecule has 0 saturated heterocycles. The average Bonchev–Trinajstić information content (AvgIpc) is 2.49. The number of Topliss-reactive ketones (excluding diaryl/α,β-unsaturated/α-hetero) is 2. The lowest BCUT2D eigenvalue weighted by Crippen LogP contribution is -2.24. The van der Waals surface area contributed by atoms with E-state index in [-0.39, 0.29) is 0 Å². The Bertz CT molecular complexity index is 565. The first kappa shape index (κ1) is 12.7. The standard InChI is InChI=1S/C15H11NO3/c17-14(11-7-3-1-4-8-11)13(16-19)15(18)12-9-5-2-6-10-12/h1-10,19H. The summed E-state index contributed by atoms with van der Waals surface area (Å²) in [6.45, 7) is 0. The van der Waals surface area contributed by atoms with Gasteiger partial charge in [0.2, 0.25) is 11.6 Å². The zero-order chi connectivity index (χ0) is 13.7. The van der Waals surface area contributed by atoms with Gasteiger partial charge in [-0.3, -0.25) is 9.59 Å². The normalized spacial score (nSPS) is 9.68. The summed E-state index contributed by atoms with van der Waals surface area (Å²) in [5, 5.41) is 11.8. The van der Waals surface area contributed by atoms with Crippen molar-refractivity contribution >= 4 is 17.3 Å². The summed E-state index contributed by atoms with van der Waals surface area (Å²) in [5.41, 5.74) is 0.122. The molecule has 0 aromatic heterocycles. The topological polar surface area (TPSA) is 66.7 Å². The monoisotopic (exact) mass is 253 g/mol. The Kier molecular flexibility index (Phi) is 3.83. The number of hydrogen-bond acceptors (Lipinski definition) is 4. The third-order valence-corrected chi connectivity index (χ3v) is 2.60. The van der Waals surface area contributed by atoms with Gasteiger partial charge in [0, 0.05) is 11.1 Å². The van der Waals surface area contributed by atoms with Crippen LogP contribution in [0.25, 0.3) is 0 Å². The minimum Gasteiger partial charge on any atom is -0.410 e. The molecule has 94 valence electrons. The summed E-state index contributed by atoms with van der Waals surface area (Å²) in [6.07, 6.45) is 0. The molecule has 4 nitrogen and oxygen atoms in total. The Labute approximate surface area is 110 Å². The van der Waals surface area contributed by atoms with Crippen LogP contribution in [0.15, 0.2) is 65.8 Å². The fourth-order valence-corrected chi connectivity index (χ4v) is 1.65. The summed E-state index contributed by atoms with van der Waals surface area (Å²) < 4.78 is 0. The highest BCUT2D eigenvalue weighted by atomic mass is 16.4. The highest BCUT2D eigenvalue weighted by Gasteiger charge is 2.23. The molecule has 0 fully saturated rings. The van der Waals surface area contributed by atoms with Crippen molar-refractivity contribution in [2.24, 2.45) is 5.16 Å². The van der Waals surface area contributed by atoms with Gasteiger partial charge in [-0.2, -0.15) is 0 Å². The van der Waals surface area contributed by atoms with E-state index in [1.54, 1.807) is 60.7 Å². The average molecular weight is 253 g/mol. The second kappa shape index (κ2) is 5.73. The second-order valence-electron chi connectivity index (χ2n) is 3.84. The van der Waals surface area contributed by atoms with Gasteiger partial charge in [0.25, 0.3) is 0 Å². The van der Waals surface area contributed by atoms with Gasteiger partial charge in [-0.05, 0) is 0 Å². The lowest BCUT2D eigenvalue weighted by atomic mass is 9.99. The number of hydrogen-bond donors (Lipinski definition) is 1. The Morgan fingerprint density at radius 2 is 1.11 bits per heavy atom. The summed E-state index contributed by atoms with van der Waals surface area (Å²) in [5.74, 6) is -1.20. The van der Waals surface area contributed by atoms with Gasteiger partial charge in [0.1, 0.15) is 0 Å². The Morgan fingerprint density at radius 1 is 0.737 bits per heavy atom. The van der Waals surface area contributed by atoms with Crippen molar-refractivity contribution in [3.05, 3.63) is 71.8 Å². The van der Waals surface area contributed by atoms with Crippen LogP contribution >= 0.6 is 0 Å². The predicted molar refractivity (Wildman–Crippen MR) is 70.8 cm³/mol. The van der Waals surface area contributed by atoms with Crippen LogP contribution in [0.5, 0.6) is 0 Å². The minimum absolute atomic E-state index is 0.305. The van der Waals surface area contributed by atoms with Crippen LogP contribution in [-0.4, -0.2) is 22.5 Å². The molecule has 2 rings (SSSR count). The Morgan fingerprint density at radius 3 is 1.42 bits per heavy atom. The van der Waals surface area contributed by atoms with E-state index in [0.29, 0.717) is 11.1 Å². The minimum atomic E-state index is -0.600. The maximum atomic E-state index is 12.1. The molecular formula is C15H11NO3. The lowest BCUT2D eigenvalue weighted by Gasteiger charge is -2.03. The smallest absolute Gasteiger partial charge is 0.218 e. The first-order chi connectivity index (χ1) is 9.24. The summed E-state index contributed by atoms with van der Waals surface area (Å²) in [6, 6.07) is 16.5. The zero-order valence-electron chi connectivity index (χ0n) is 9.98. The van der Waals surface area contributed by atoms with Gasteiger partial charge in [0.15, 0.2) is 5.71 Å². The molecule has 0 spiro atoms. The molecule has 1 N–H and O–H groups in total. The van der Waals surface area contributed by atoms with Crippen LogP contribution in [0, 0.1) is 0 Å². The van der Waals surface area contributed by atoms with Crippen molar-refractivity contribution in [2.75, 3.05) is 0 Å². The fourth-order valence-electron chi connectivity index (χ4n) is 1.65. The van der Waals surface area contributed by atoms with Crippen LogP contribution < -0.4 is 0 Å². The van der Waals surface area contributed by atoms with Crippen LogP contribution in [0.2, 0.25) is 0 Å². The van der Waals surface area contributed by atoms with Crippen molar-refractivity contribution in [2.45, 2.75) is 0 Å². The number of ketones is 2. The van der Waals surface area contributed by atoms with E-state index in [4.69, 9.17) is 5.21 Å². The number of nitrogens with zero attached hydrogens (tertiary/aromatic N) is 1. The van der Waals surface area contributed by atoms with E-state index in [2.05, 4.69) is 5.16 Å². The number of rotatable bonds is 4. The molecule has 0 bridgehead atoms. The van der Waals surface area contributed by atoms with Gasteiger partial charge >= 0.3 is 0 Å². The van der Waals surface area contributed by atoms with Gasteiger partial charge in [-0.15, -0.1) is 0 Å². The zero-order valence-corrected chi connectivity index (χ0v) is 9.98. The third-order valence-electron chi connectivity index (χ3n) is 2.60. The van der Waals surface area contributed by atoms with E-state index in [1.165, 1.54) is 0 Å². The van der Waals surface area contributed by atoms with Crippen LogP contribution in [-0.2, 0) is 0 Å². The quantitative estimate of drug-likeness (QED) is 0.299. The molecule has 0 aliphatic rings. The van der Waals surface area contributed by atoms with Crippen molar-refractivity contribution < 1.29 is 14.8 Å². The van der Waals surface area contributed by atoms with Crippen LogP contribution in [0.3, 0.4) is 0 Å². The molecule has 0 heterocycles. The molecule has 2 aromatic rings. The third kappa shape index (κ3) is 2.74. The van der Waals surface area contributed by atoms with E-state index >= 15 is 0 Å². The van der Waals surface area contributed by atoms with E-state index < -0.39 is 17.3 Å². The first-order valence-corrected chi connectivity index (χ1v) is 5.65. The van der Waals surface area contributed by atoms with E-state index in [0.717, 1.165) is 0 Å². The van der Waals surface area contributed by atoms with E-state index in [1.807, 2.05) is 0 Å². The van der Waals surface area contributed by atoms with Crippen molar-refractivity contribution in [1.82, 2.24) is 0 Å². The predicted octanol–water partition coefficient (Wildman–Crippen LogP) is 2.58. The van der Waals surface area contributed by atoms with Gasteiger partial charge < -0.3 is 5.21 Å². The van der Waals surface area contributed by atoms with Crippen LogP contribution in [0.4, 0.5) is 0 Å². The molecule has 0 radical (unpaired) electrons. The molecule has 0 amide bonds. The first-order valence-electron chi connectivity index (χ1n) is 5.65. The SMILES string of the molecule is O=C(C(=NO)C(=O)c1ccccc1)c1ccccc1. The molecule has 0 unspecified atom stereocenters. The van der Waals surface area contributed by atoms with Gasteiger partial charge in [0.05, 0.1) is 0 Å². The highest BCUT2D eigenvalue weighted by Crippen LogP contribution is 2.07. The number of carbonyl (C=O) groups is 2. The molecule has 0 saturated carbocycles. The molecule has 19 heavy (non-hydrogen) atoms. The van der Waals surface area contributed by atoms with Crippen molar-refractivity contribution in [3.8, 4) is 0 Å². The molecule has 0 aliphatic carbocycles. The molecular weight excluding hydrogens is 242 g/mol. The summed E-state index contributed by atoms with van der Waals surface area (Å²) >= 11 is 0. The van der Waals surface area contributed by atoms with Crippen molar-refractivity contribution in [1.29, 1.82) is 0 Å². The Balaban J connectivity index is 2.32. The molecule has 4 heteroatoms. The number of carbonyl (C=O) groups excluding carboxylic acids is 2.